The van der Waals surface area contributed by atoms with Gasteiger partial charge in [0.25, 0.3) is 0 Å². The zero-order chi connectivity index (χ0) is 18.1. The van der Waals surface area contributed by atoms with Crippen molar-refractivity contribution in [1.29, 1.82) is 0 Å². The highest BCUT2D eigenvalue weighted by molar-refractivity contribution is 5.94. The van der Waals surface area contributed by atoms with Crippen LogP contribution in [0, 0.1) is 5.92 Å². The largest absolute Gasteiger partial charge is 0.372 e. The van der Waals surface area contributed by atoms with E-state index in [9.17, 15) is 4.79 Å². The van der Waals surface area contributed by atoms with Crippen molar-refractivity contribution < 1.29 is 9.53 Å². The van der Waals surface area contributed by atoms with E-state index < -0.39 is 0 Å². The Hall–Kier alpha value is -1.01. The van der Waals surface area contributed by atoms with Crippen molar-refractivity contribution in [3.8, 4) is 0 Å². The molecule has 28 heavy (non-hydrogen) atoms. The van der Waals surface area contributed by atoms with E-state index in [1.165, 1.54) is 12.8 Å². The summed E-state index contributed by atoms with van der Waals surface area (Å²) < 4.78 is 5.85. The molecule has 1 amide bonds. The van der Waals surface area contributed by atoms with Gasteiger partial charge in [0.15, 0.2) is 0 Å². The number of hydrogen-bond acceptors (Lipinski definition) is 4. The number of amides is 1. The van der Waals surface area contributed by atoms with E-state index >= 15 is 0 Å². The van der Waals surface area contributed by atoms with Gasteiger partial charge >= 0.3 is 0 Å². The summed E-state index contributed by atoms with van der Waals surface area (Å²) in [4.78, 5) is 15.0. The second-order valence-corrected chi connectivity index (χ2v) is 8.41. The normalized spacial score (nSPS) is 31.5. The third kappa shape index (κ3) is 5.53. The van der Waals surface area contributed by atoms with Crippen molar-refractivity contribution >= 4 is 42.1 Å². The molecule has 0 aromatic heterocycles. The van der Waals surface area contributed by atoms with E-state index in [0.29, 0.717) is 24.4 Å². The van der Waals surface area contributed by atoms with Crippen LogP contribution in [0.4, 0.5) is 11.4 Å². The SMILES string of the molecule is CC1CN(c2ccccc2NC(=O)CC2CC3CCC(C2)N3)CC(C)O1.Cl.Cl. The molecule has 2 bridgehead atoms. The summed E-state index contributed by atoms with van der Waals surface area (Å²) in [5.74, 6) is 0.669. The number of anilines is 2. The third-order valence-corrected chi connectivity index (χ3v) is 5.98. The van der Waals surface area contributed by atoms with Gasteiger partial charge in [-0.3, -0.25) is 4.79 Å². The molecule has 0 saturated carbocycles. The molecule has 5 nitrogen and oxygen atoms in total. The number of morpholine rings is 1. The number of nitrogens with zero attached hydrogens (tertiary/aromatic N) is 1. The first-order valence-corrected chi connectivity index (χ1v) is 10.1. The summed E-state index contributed by atoms with van der Waals surface area (Å²) in [6, 6.07) is 9.43. The molecule has 1 aromatic rings. The Morgan fingerprint density at radius 3 is 2.36 bits per heavy atom. The summed E-state index contributed by atoms with van der Waals surface area (Å²) in [6.45, 7) is 5.92. The second kappa shape index (κ2) is 10.1. The summed E-state index contributed by atoms with van der Waals surface area (Å²) in [6.07, 6.45) is 5.88. The van der Waals surface area contributed by atoms with Crippen LogP contribution in [-0.4, -0.2) is 43.3 Å². The standard InChI is InChI=1S/C21H31N3O2.2ClH/c1-14-12-24(13-15(2)26-14)20-6-4-3-5-19(20)23-21(25)11-16-9-17-7-8-18(10-16)22-17;;/h3-6,14-18,22H,7-13H2,1-2H3,(H,23,25);2*1H. The predicted octanol–water partition coefficient (Wildman–Crippen LogP) is 4.00. The van der Waals surface area contributed by atoms with Gasteiger partial charge < -0.3 is 20.3 Å². The Bertz CT molecular complexity index is 638. The number of piperidine rings is 1. The van der Waals surface area contributed by atoms with Crippen LogP contribution in [-0.2, 0) is 9.53 Å². The minimum atomic E-state index is 0. The molecule has 0 aliphatic carbocycles. The molecule has 3 aliphatic rings. The lowest BCUT2D eigenvalue weighted by molar-refractivity contribution is -0.117. The molecule has 3 fully saturated rings. The zero-order valence-corrected chi connectivity index (χ0v) is 18.4. The van der Waals surface area contributed by atoms with E-state index in [0.717, 1.165) is 37.3 Å². The lowest BCUT2D eigenvalue weighted by atomic mass is 9.89. The van der Waals surface area contributed by atoms with Gasteiger partial charge in [-0.15, -0.1) is 24.8 Å². The molecule has 0 spiro atoms. The molecule has 4 unspecified atom stereocenters. The minimum absolute atomic E-state index is 0. The van der Waals surface area contributed by atoms with Crippen LogP contribution < -0.4 is 15.5 Å². The number of benzene rings is 1. The average molecular weight is 430 g/mol. The first-order valence-electron chi connectivity index (χ1n) is 10.1. The molecule has 7 heteroatoms. The van der Waals surface area contributed by atoms with Crippen LogP contribution in [0.15, 0.2) is 24.3 Å². The van der Waals surface area contributed by atoms with Crippen molar-refractivity contribution in [3.63, 3.8) is 0 Å². The highest BCUT2D eigenvalue weighted by Crippen LogP contribution is 2.33. The molecule has 4 rings (SSSR count). The van der Waals surface area contributed by atoms with Crippen molar-refractivity contribution in [2.45, 2.75) is 70.2 Å². The van der Waals surface area contributed by atoms with Gasteiger partial charge in [0.2, 0.25) is 5.91 Å². The van der Waals surface area contributed by atoms with Gasteiger partial charge in [0, 0.05) is 31.6 Å². The maximum Gasteiger partial charge on any atom is 0.224 e. The highest BCUT2D eigenvalue weighted by Gasteiger charge is 2.34. The van der Waals surface area contributed by atoms with E-state index in [1.54, 1.807) is 0 Å². The second-order valence-electron chi connectivity index (χ2n) is 8.41. The molecule has 3 heterocycles. The number of halogens is 2. The van der Waals surface area contributed by atoms with Crippen molar-refractivity contribution in [2.24, 2.45) is 5.92 Å². The van der Waals surface area contributed by atoms with Crippen molar-refractivity contribution in [1.82, 2.24) is 5.32 Å². The van der Waals surface area contributed by atoms with Crippen LogP contribution >= 0.6 is 24.8 Å². The summed E-state index contributed by atoms with van der Waals surface area (Å²) >= 11 is 0. The number of hydrogen-bond donors (Lipinski definition) is 2. The summed E-state index contributed by atoms with van der Waals surface area (Å²) in [7, 11) is 0. The molecule has 3 aliphatic heterocycles. The lowest BCUT2D eigenvalue weighted by Gasteiger charge is -2.37. The summed E-state index contributed by atoms with van der Waals surface area (Å²) in [5, 5.41) is 6.85. The maximum atomic E-state index is 12.7. The minimum Gasteiger partial charge on any atom is -0.372 e. The predicted molar refractivity (Wildman–Crippen MR) is 119 cm³/mol. The Morgan fingerprint density at radius 2 is 1.71 bits per heavy atom. The van der Waals surface area contributed by atoms with Gasteiger partial charge in [-0.05, 0) is 57.6 Å². The molecular formula is C21H33Cl2N3O2. The molecule has 0 radical (unpaired) electrons. The van der Waals surface area contributed by atoms with Crippen LogP contribution in [0.25, 0.3) is 0 Å². The Labute approximate surface area is 180 Å². The maximum absolute atomic E-state index is 12.7. The van der Waals surface area contributed by atoms with Gasteiger partial charge in [-0.2, -0.15) is 0 Å². The summed E-state index contributed by atoms with van der Waals surface area (Å²) in [5.41, 5.74) is 2.03. The van der Waals surface area contributed by atoms with Crippen LogP contribution in [0.2, 0.25) is 0 Å². The topological polar surface area (TPSA) is 53.6 Å². The molecule has 3 saturated heterocycles. The Kier molecular flexibility index (Phi) is 8.44. The molecule has 158 valence electrons. The monoisotopic (exact) mass is 429 g/mol. The number of para-hydroxylation sites is 2. The van der Waals surface area contributed by atoms with E-state index in [4.69, 9.17) is 4.74 Å². The number of nitrogens with one attached hydrogen (secondary N) is 2. The fourth-order valence-corrected chi connectivity index (χ4v) is 5.03. The smallest absolute Gasteiger partial charge is 0.224 e. The van der Waals surface area contributed by atoms with Crippen LogP contribution in [0.5, 0.6) is 0 Å². The van der Waals surface area contributed by atoms with Gasteiger partial charge in [0.1, 0.15) is 0 Å². The average Bonchev–Trinajstić information content (AvgIpc) is 2.93. The first-order chi connectivity index (χ1) is 12.6. The van der Waals surface area contributed by atoms with E-state index in [1.807, 2.05) is 18.2 Å². The number of fused-ring (bicyclic) bond motifs is 2. The number of carbonyl (C=O) groups is 1. The fraction of sp³-hybridized carbons (Fsp3) is 0.667. The van der Waals surface area contributed by atoms with Crippen LogP contribution in [0.3, 0.4) is 0 Å². The zero-order valence-electron chi connectivity index (χ0n) is 16.7. The fourth-order valence-electron chi connectivity index (χ4n) is 5.03. The van der Waals surface area contributed by atoms with Crippen LogP contribution in [0.1, 0.15) is 46.0 Å². The molecule has 1 aromatic carbocycles. The molecule has 4 atom stereocenters. The Balaban J connectivity index is 0.00000140. The van der Waals surface area contributed by atoms with Crippen molar-refractivity contribution in [3.05, 3.63) is 24.3 Å². The van der Waals surface area contributed by atoms with Gasteiger partial charge in [-0.1, -0.05) is 12.1 Å². The number of carbonyl (C=O) groups excluding carboxylic acids is 1. The first kappa shape index (κ1) is 23.3. The third-order valence-electron chi connectivity index (χ3n) is 5.98. The number of ether oxygens (including phenoxy) is 1. The Morgan fingerprint density at radius 1 is 1.11 bits per heavy atom. The van der Waals surface area contributed by atoms with Gasteiger partial charge in [0.05, 0.1) is 23.6 Å². The quantitative estimate of drug-likeness (QED) is 0.758. The highest BCUT2D eigenvalue weighted by atomic mass is 35.5. The van der Waals surface area contributed by atoms with E-state index in [2.05, 4.69) is 35.4 Å². The molecule has 2 N–H and O–H groups in total. The lowest BCUT2D eigenvalue weighted by Crippen LogP contribution is -2.45. The van der Waals surface area contributed by atoms with Crippen molar-refractivity contribution in [2.75, 3.05) is 23.3 Å². The number of rotatable bonds is 4. The van der Waals surface area contributed by atoms with E-state index in [-0.39, 0.29) is 42.9 Å². The van der Waals surface area contributed by atoms with Gasteiger partial charge in [-0.25, -0.2) is 0 Å². The molecular weight excluding hydrogens is 397 g/mol.